The molecule has 0 radical (unpaired) electrons. The predicted molar refractivity (Wildman–Crippen MR) is 70.0 cm³/mol. The van der Waals surface area contributed by atoms with Crippen molar-refractivity contribution in [3.63, 3.8) is 0 Å². The molecule has 2 aromatic rings. The summed E-state index contributed by atoms with van der Waals surface area (Å²) >= 11 is 9.24. The summed E-state index contributed by atoms with van der Waals surface area (Å²) in [6.07, 6.45) is 3.71. The average Bonchev–Trinajstić information content (AvgIpc) is 2.60. The van der Waals surface area contributed by atoms with Gasteiger partial charge in [-0.25, -0.2) is 4.98 Å². The molecule has 0 saturated carbocycles. The Morgan fingerprint density at radius 1 is 1.56 bits per heavy atom. The van der Waals surface area contributed by atoms with Gasteiger partial charge in [0.25, 0.3) is 0 Å². The third kappa shape index (κ3) is 2.64. The summed E-state index contributed by atoms with van der Waals surface area (Å²) in [6.45, 7) is 5.22. The number of nitrogens with zero attached hydrogens (tertiary/aromatic N) is 2. The molecular formula is C11H11BrClN3. The SMILES string of the molecule is C=C(Br)CNCc1cnc2ccc(Cl)cn12. The van der Waals surface area contributed by atoms with Crippen molar-refractivity contribution < 1.29 is 0 Å². The molecule has 2 rings (SSSR count). The Bertz CT molecular complexity index is 521. The van der Waals surface area contributed by atoms with E-state index in [9.17, 15) is 0 Å². The Kier molecular flexibility index (Phi) is 3.63. The quantitative estimate of drug-likeness (QED) is 0.940. The Labute approximate surface area is 107 Å². The highest BCUT2D eigenvalue weighted by atomic mass is 79.9. The van der Waals surface area contributed by atoms with Gasteiger partial charge in [-0.1, -0.05) is 34.1 Å². The molecule has 0 aliphatic carbocycles. The van der Waals surface area contributed by atoms with Crippen LogP contribution in [0.1, 0.15) is 5.69 Å². The number of rotatable bonds is 4. The zero-order chi connectivity index (χ0) is 11.5. The molecular weight excluding hydrogens is 289 g/mol. The van der Waals surface area contributed by atoms with Gasteiger partial charge in [0.15, 0.2) is 0 Å². The number of hydrogen-bond acceptors (Lipinski definition) is 2. The molecule has 2 aromatic heterocycles. The molecule has 0 unspecified atom stereocenters. The molecule has 0 amide bonds. The number of fused-ring (bicyclic) bond motifs is 1. The lowest BCUT2D eigenvalue weighted by Crippen LogP contribution is -2.15. The summed E-state index contributed by atoms with van der Waals surface area (Å²) in [7, 11) is 0. The van der Waals surface area contributed by atoms with Crippen LogP contribution in [0.5, 0.6) is 0 Å². The number of nitrogens with one attached hydrogen (secondary N) is 1. The molecule has 0 spiro atoms. The van der Waals surface area contributed by atoms with Gasteiger partial charge in [0.2, 0.25) is 0 Å². The van der Waals surface area contributed by atoms with Crippen LogP contribution in [0.4, 0.5) is 0 Å². The minimum Gasteiger partial charge on any atom is -0.307 e. The summed E-state index contributed by atoms with van der Waals surface area (Å²) in [5.74, 6) is 0. The maximum absolute atomic E-state index is 5.94. The Hall–Kier alpha value is -0.840. The minimum atomic E-state index is 0.705. The average molecular weight is 301 g/mol. The fraction of sp³-hybridized carbons (Fsp3) is 0.182. The molecule has 2 heterocycles. The second kappa shape index (κ2) is 4.99. The molecule has 16 heavy (non-hydrogen) atoms. The van der Waals surface area contributed by atoms with Crippen LogP contribution >= 0.6 is 27.5 Å². The summed E-state index contributed by atoms with van der Waals surface area (Å²) in [4.78, 5) is 4.29. The van der Waals surface area contributed by atoms with Crippen LogP contribution in [0.2, 0.25) is 5.02 Å². The van der Waals surface area contributed by atoms with E-state index < -0.39 is 0 Å². The molecule has 0 fully saturated rings. The highest BCUT2D eigenvalue weighted by molar-refractivity contribution is 9.11. The topological polar surface area (TPSA) is 29.3 Å². The number of hydrogen-bond donors (Lipinski definition) is 1. The number of pyridine rings is 1. The van der Waals surface area contributed by atoms with Gasteiger partial charge in [-0.15, -0.1) is 0 Å². The molecule has 1 N–H and O–H groups in total. The van der Waals surface area contributed by atoms with E-state index in [0.29, 0.717) is 5.02 Å². The second-order valence-corrected chi connectivity index (χ2v) is 5.00. The summed E-state index contributed by atoms with van der Waals surface area (Å²) < 4.78 is 2.91. The molecule has 0 bridgehead atoms. The second-order valence-electron chi connectivity index (χ2n) is 3.45. The van der Waals surface area contributed by atoms with Crippen LogP contribution in [-0.2, 0) is 6.54 Å². The van der Waals surface area contributed by atoms with E-state index >= 15 is 0 Å². The van der Waals surface area contributed by atoms with E-state index in [-0.39, 0.29) is 0 Å². The van der Waals surface area contributed by atoms with Gasteiger partial charge in [-0.05, 0) is 12.1 Å². The fourth-order valence-corrected chi connectivity index (χ4v) is 1.82. The summed E-state index contributed by atoms with van der Waals surface area (Å²) in [6, 6.07) is 3.73. The summed E-state index contributed by atoms with van der Waals surface area (Å²) in [5.41, 5.74) is 1.98. The van der Waals surface area contributed by atoms with E-state index in [0.717, 1.165) is 28.9 Å². The van der Waals surface area contributed by atoms with Gasteiger partial charge < -0.3 is 9.72 Å². The molecule has 0 atom stereocenters. The van der Waals surface area contributed by atoms with Crippen molar-refractivity contribution in [3.05, 3.63) is 46.3 Å². The fourth-order valence-electron chi connectivity index (χ4n) is 1.46. The van der Waals surface area contributed by atoms with Crippen molar-refractivity contribution in [1.29, 1.82) is 0 Å². The Morgan fingerprint density at radius 2 is 2.38 bits per heavy atom. The van der Waals surface area contributed by atoms with E-state index in [4.69, 9.17) is 11.6 Å². The maximum Gasteiger partial charge on any atom is 0.137 e. The van der Waals surface area contributed by atoms with Crippen LogP contribution < -0.4 is 5.32 Å². The van der Waals surface area contributed by atoms with Gasteiger partial charge in [0.05, 0.1) is 16.9 Å². The maximum atomic E-state index is 5.94. The first-order chi connectivity index (χ1) is 7.66. The predicted octanol–water partition coefficient (Wildman–Crippen LogP) is 2.99. The Morgan fingerprint density at radius 3 is 3.12 bits per heavy atom. The lowest BCUT2D eigenvalue weighted by atomic mass is 10.4. The van der Waals surface area contributed by atoms with Crippen LogP contribution in [-0.4, -0.2) is 15.9 Å². The van der Waals surface area contributed by atoms with Crippen molar-refractivity contribution in [2.24, 2.45) is 0 Å². The van der Waals surface area contributed by atoms with Gasteiger partial charge in [-0.3, -0.25) is 0 Å². The highest BCUT2D eigenvalue weighted by Gasteiger charge is 2.02. The highest BCUT2D eigenvalue weighted by Crippen LogP contribution is 2.12. The van der Waals surface area contributed by atoms with Gasteiger partial charge in [0, 0.05) is 23.8 Å². The first-order valence-electron chi connectivity index (χ1n) is 4.82. The van der Waals surface area contributed by atoms with Crippen LogP contribution in [0.3, 0.4) is 0 Å². The van der Waals surface area contributed by atoms with Crippen molar-refractivity contribution in [2.45, 2.75) is 6.54 Å². The van der Waals surface area contributed by atoms with Crippen LogP contribution in [0.15, 0.2) is 35.6 Å². The molecule has 0 aliphatic heterocycles. The molecule has 5 heteroatoms. The first kappa shape index (κ1) is 11.6. The van der Waals surface area contributed by atoms with Gasteiger partial charge >= 0.3 is 0 Å². The van der Waals surface area contributed by atoms with Crippen molar-refractivity contribution in [1.82, 2.24) is 14.7 Å². The third-order valence-electron chi connectivity index (χ3n) is 2.17. The van der Waals surface area contributed by atoms with Crippen LogP contribution in [0.25, 0.3) is 5.65 Å². The minimum absolute atomic E-state index is 0.705. The summed E-state index contributed by atoms with van der Waals surface area (Å²) in [5, 5.41) is 3.95. The normalized spacial score (nSPS) is 10.9. The van der Waals surface area contributed by atoms with E-state index in [2.05, 4.69) is 32.8 Å². The lowest BCUT2D eigenvalue weighted by Gasteiger charge is -2.03. The van der Waals surface area contributed by atoms with E-state index in [1.165, 1.54) is 0 Å². The number of aromatic nitrogens is 2. The molecule has 0 aromatic carbocycles. The monoisotopic (exact) mass is 299 g/mol. The zero-order valence-electron chi connectivity index (χ0n) is 8.58. The molecule has 3 nitrogen and oxygen atoms in total. The number of imidazole rings is 1. The largest absolute Gasteiger partial charge is 0.307 e. The van der Waals surface area contributed by atoms with Crippen molar-refractivity contribution in [3.8, 4) is 0 Å². The van der Waals surface area contributed by atoms with Gasteiger partial charge in [-0.2, -0.15) is 0 Å². The lowest BCUT2D eigenvalue weighted by molar-refractivity contribution is 0.732. The van der Waals surface area contributed by atoms with Crippen molar-refractivity contribution in [2.75, 3.05) is 6.54 Å². The third-order valence-corrected chi connectivity index (χ3v) is 2.67. The molecule has 84 valence electrons. The first-order valence-corrected chi connectivity index (χ1v) is 5.99. The molecule has 0 saturated heterocycles. The van der Waals surface area contributed by atoms with E-state index in [1.54, 1.807) is 0 Å². The van der Waals surface area contributed by atoms with E-state index in [1.807, 2.05) is 28.9 Å². The number of halogens is 2. The van der Waals surface area contributed by atoms with Crippen LogP contribution in [0, 0.1) is 0 Å². The standard InChI is InChI=1S/C11H11BrClN3/c1-8(12)4-14-5-10-6-15-11-3-2-9(13)7-16(10)11/h2-3,6-7,14H,1,4-5H2. The smallest absolute Gasteiger partial charge is 0.137 e. The zero-order valence-corrected chi connectivity index (χ0v) is 10.9. The van der Waals surface area contributed by atoms with Gasteiger partial charge in [0.1, 0.15) is 5.65 Å². The molecule has 0 aliphatic rings. The van der Waals surface area contributed by atoms with Crippen molar-refractivity contribution >= 4 is 33.2 Å². The Balaban J connectivity index is 2.17.